The molecule has 0 radical (unpaired) electrons. The highest BCUT2D eigenvalue weighted by Crippen LogP contribution is 2.36. The van der Waals surface area contributed by atoms with Crippen LogP contribution in [-0.2, 0) is 16.5 Å². The summed E-state index contributed by atoms with van der Waals surface area (Å²) in [4.78, 5) is 3.69. The van der Waals surface area contributed by atoms with Crippen molar-refractivity contribution in [2.75, 3.05) is 0 Å². The number of nitrogens with one attached hydrogen (secondary N) is 1. The first-order valence-electron chi connectivity index (χ1n) is 7.01. The second-order valence-electron chi connectivity index (χ2n) is 6.54. The van der Waals surface area contributed by atoms with Crippen molar-refractivity contribution in [3.8, 4) is 0 Å². The molecule has 0 aliphatic carbocycles. The Balaban J connectivity index is 3.51. The number of alkyl halides is 4. The summed E-state index contributed by atoms with van der Waals surface area (Å²) in [5.74, 6) is -1.11. The summed E-state index contributed by atoms with van der Waals surface area (Å²) in [6, 6.07) is 2.05. The predicted octanol–water partition coefficient (Wildman–Crippen LogP) is 3.51. The van der Waals surface area contributed by atoms with Gasteiger partial charge in [-0.3, -0.25) is 0 Å². The minimum atomic E-state index is -5.30. The van der Waals surface area contributed by atoms with Crippen molar-refractivity contribution in [1.82, 2.24) is 9.71 Å². The summed E-state index contributed by atoms with van der Waals surface area (Å²) < 4.78 is 80.8. The lowest BCUT2D eigenvalue weighted by molar-refractivity contribution is -0.228. The van der Waals surface area contributed by atoms with Gasteiger partial charge in [0.2, 0.25) is 0 Å². The smallest absolute Gasteiger partial charge is 0.381 e. The normalized spacial score (nSPS) is 19.2. The number of hydrogen-bond acceptors (Lipinski definition) is 3. The van der Waals surface area contributed by atoms with Gasteiger partial charge in [-0.15, -0.1) is 0 Å². The number of halogens is 6. The van der Waals surface area contributed by atoms with E-state index in [2.05, 4.69) is 25.6 Å². The summed E-state index contributed by atoms with van der Waals surface area (Å²) in [6.07, 6.45) is -11.8. The number of rotatable bonds is 5. The zero-order valence-corrected chi connectivity index (χ0v) is 16.2. The van der Waals surface area contributed by atoms with Crippen LogP contribution in [0.15, 0.2) is 16.7 Å². The van der Waals surface area contributed by atoms with Crippen LogP contribution in [0.5, 0.6) is 0 Å². The molecule has 144 valence electrons. The van der Waals surface area contributed by atoms with Crippen LogP contribution in [0.2, 0.25) is 0 Å². The van der Waals surface area contributed by atoms with Gasteiger partial charge in [0.1, 0.15) is 21.7 Å². The van der Waals surface area contributed by atoms with Gasteiger partial charge < -0.3 is 5.11 Å². The highest BCUT2D eigenvalue weighted by Gasteiger charge is 2.54. The van der Waals surface area contributed by atoms with E-state index in [1.165, 1.54) is 26.8 Å². The largest absolute Gasteiger partial charge is 0.417 e. The van der Waals surface area contributed by atoms with E-state index in [-0.39, 0.29) is 4.60 Å². The molecule has 0 amide bonds. The quantitative estimate of drug-likeness (QED) is 0.530. The van der Waals surface area contributed by atoms with Crippen LogP contribution in [0.25, 0.3) is 0 Å². The minimum absolute atomic E-state index is 0.0344. The number of aliphatic hydroxyl groups excluding tert-OH is 1. The maximum absolute atomic E-state index is 14.7. The predicted molar refractivity (Wildman–Crippen MR) is 87.2 cm³/mol. The third kappa shape index (κ3) is 5.18. The number of pyridine rings is 1. The summed E-state index contributed by atoms with van der Waals surface area (Å²) in [7, 11) is -2.08. The average Bonchev–Trinajstić information content (AvgIpc) is 2.45. The Bertz CT molecular complexity index is 653. The van der Waals surface area contributed by atoms with Crippen LogP contribution in [-0.4, -0.2) is 37.5 Å². The molecule has 1 rings (SSSR count). The van der Waals surface area contributed by atoms with E-state index >= 15 is 0 Å². The van der Waals surface area contributed by atoms with Crippen molar-refractivity contribution >= 4 is 26.9 Å². The molecule has 11 heteroatoms. The van der Waals surface area contributed by atoms with E-state index in [1.54, 1.807) is 0 Å². The van der Waals surface area contributed by atoms with Gasteiger partial charge in [0.05, 0.1) is 15.7 Å². The van der Waals surface area contributed by atoms with Crippen molar-refractivity contribution in [3.05, 3.63) is 28.2 Å². The van der Waals surface area contributed by atoms with Crippen molar-refractivity contribution in [1.29, 1.82) is 0 Å². The topological polar surface area (TPSA) is 62.2 Å². The fourth-order valence-electron chi connectivity index (χ4n) is 1.85. The van der Waals surface area contributed by atoms with Crippen molar-refractivity contribution in [2.45, 2.75) is 56.4 Å². The molecule has 1 heterocycles. The minimum Gasteiger partial charge on any atom is -0.381 e. The first-order valence-corrected chi connectivity index (χ1v) is 8.96. The van der Waals surface area contributed by atoms with Crippen molar-refractivity contribution in [3.63, 3.8) is 0 Å². The number of aromatic nitrogens is 1. The zero-order valence-electron chi connectivity index (χ0n) is 13.8. The zero-order chi connectivity index (χ0) is 19.8. The number of aliphatic hydroxyl groups is 1. The molecule has 4 nitrogen and oxygen atoms in total. The maximum Gasteiger partial charge on any atom is 0.417 e. The monoisotopic (exact) mass is 452 g/mol. The SMILES string of the molecule is CC(C)(C)[S@@](=O)N[C@](C)(c1nc(Br)ccc1F)[C@@H](F)[C@@H](O)C(F)(F)F. The fraction of sp³-hybridized carbons (Fsp3) is 0.643. The molecule has 1 aromatic rings. The van der Waals surface area contributed by atoms with Crippen molar-refractivity contribution in [2.24, 2.45) is 0 Å². The molecule has 0 saturated carbocycles. The molecule has 4 atom stereocenters. The molecule has 0 aliphatic rings. The van der Waals surface area contributed by atoms with Gasteiger partial charge in [0, 0.05) is 0 Å². The van der Waals surface area contributed by atoms with Crippen molar-refractivity contribution < 1.29 is 31.3 Å². The molecule has 0 unspecified atom stereocenters. The summed E-state index contributed by atoms with van der Waals surface area (Å²) in [6.45, 7) is 5.35. The Kier molecular flexibility index (Phi) is 6.75. The van der Waals surface area contributed by atoms with Gasteiger partial charge in [-0.25, -0.2) is 22.7 Å². The van der Waals surface area contributed by atoms with Crippen LogP contribution in [0.1, 0.15) is 33.4 Å². The van der Waals surface area contributed by atoms with Gasteiger partial charge >= 0.3 is 6.18 Å². The van der Waals surface area contributed by atoms with Gasteiger partial charge in [0.25, 0.3) is 0 Å². The lowest BCUT2D eigenvalue weighted by Crippen LogP contribution is -2.58. The third-order valence-corrected chi connectivity index (χ3v) is 5.49. The molecule has 0 bridgehead atoms. The highest BCUT2D eigenvalue weighted by molar-refractivity contribution is 9.10. The number of hydrogen-bond donors (Lipinski definition) is 2. The van der Waals surface area contributed by atoms with Crippen LogP contribution < -0.4 is 4.72 Å². The third-order valence-electron chi connectivity index (χ3n) is 3.33. The maximum atomic E-state index is 14.7. The van der Waals surface area contributed by atoms with E-state index in [0.29, 0.717) is 0 Å². The molecule has 0 aromatic carbocycles. The Labute approximate surface area is 152 Å². The summed E-state index contributed by atoms with van der Waals surface area (Å²) >= 11 is 2.93. The Morgan fingerprint density at radius 2 is 1.76 bits per heavy atom. The second kappa shape index (κ2) is 7.53. The first kappa shape index (κ1) is 22.4. The molecular formula is C14H18BrF5N2O2S. The Morgan fingerprint density at radius 1 is 1.24 bits per heavy atom. The van der Waals surface area contributed by atoms with E-state index in [4.69, 9.17) is 0 Å². The fourth-order valence-corrected chi connectivity index (χ4v) is 3.06. The Morgan fingerprint density at radius 3 is 2.20 bits per heavy atom. The molecule has 0 fully saturated rings. The van der Waals surface area contributed by atoms with Crippen LogP contribution in [0, 0.1) is 5.82 Å². The number of nitrogens with zero attached hydrogens (tertiary/aromatic N) is 1. The summed E-state index contributed by atoms with van der Waals surface area (Å²) in [5, 5.41) is 9.33. The molecule has 0 aliphatic heterocycles. The van der Waals surface area contributed by atoms with Gasteiger partial charge in [-0.2, -0.15) is 13.2 Å². The van der Waals surface area contributed by atoms with E-state index < -0.39 is 51.2 Å². The van der Waals surface area contributed by atoms with Crippen LogP contribution in [0.4, 0.5) is 22.0 Å². The van der Waals surface area contributed by atoms with E-state index in [1.807, 2.05) is 0 Å². The van der Waals surface area contributed by atoms with E-state index in [9.17, 15) is 31.3 Å². The molecule has 0 spiro atoms. The molecule has 2 N–H and O–H groups in total. The van der Waals surface area contributed by atoms with Gasteiger partial charge in [-0.1, -0.05) is 0 Å². The average molecular weight is 453 g/mol. The molecule has 1 aromatic heterocycles. The molecule has 25 heavy (non-hydrogen) atoms. The lowest BCUT2D eigenvalue weighted by atomic mass is 9.88. The Hall–Kier alpha value is -0.650. The standard InChI is InChI=1S/C14H18BrF5N2O2S/c1-12(2,3)25(24)22-13(4,9(17)11(23)14(18,19)20)10-7(16)5-6-8(15)21-10/h5-6,9,11,22-23H,1-4H3/t9-,11+,13-,25+/m0/s1. The lowest BCUT2D eigenvalue weighted by Gasteiger charge is -2.37. The molecular weight excluding hydrogens is 435 g/mol. The summed E-state index contributed by atoms with van der Waals surface area (Å²) in [5.41, 5.74) is -3.25. The van der Waals surface area contributed by atoms with E-state index in [0.717, 1.165) is 13.0 Å². The highest BCUT2D eigenvalue weighted by atomic mass is 79.9. The van der Waals surface area contributed by atoms with Crippen LogP contribution >= 0.6 is 15.9 Å². The first-order chi connectivity index (χ1) is 11.1. The van der Waals surface area contributed by atoms with Gasteiger partial charge in [-0.05, 0) is 55.8 Å². The van der Waals surface area contributed by atoms with Gasteiger partial charge in [0.15, 0.2) is 12.3 Å². The van der Waals surface area contributed by atoms with Crippen LogP contribution in [0.3, 0.4) is 0 Å². The molecule has 0 saturated heterocycles. The second-order valence-corrected chi connectivity index (χ2v) is 9.32.